The molecule has 1 N–H and O–H groups in total. The predicted octanol–water partition coefficient (Wildman–Crippen LogP) is 3.98. The molecular formula is C21H14Cl2FN3O3S. The van der Waals surface area contributed by atoms with Crippen LogP contribution in [0.4, 0.5) is 4.39 Å². The monoisotopic (exact) mass is 477 g/mol. The Balaban J connectivity index is 1.69. The maximum absolute atomic E-state index is 13.2. The zero-order valence-corrected chi connectivity index (χ0v) is 18.1. The Morgan fingerprint density at radius 3 is 2.65 bits per heavy atom. The van der Waals surface area contributed by atoms with Crippen LogP contribution in [0.2, 0.25) is 10.0 Å². The first kappa shape index (κ1) is 21.3. The van der Waals surface area contributed by atoms with Crippen molar-refractivity contribution in [3.63, 3.8) is 0 Å². The zero-order valence-electron chi connectivity index (χ0n) is 15.8. The number of rotatable bonds is 5. The molecule has 0 spiro atoms. The van der Waals surface area contributed by atoms with Gasteiger partial charge in [-0.15, -0.1) is 11.3 Å². The molecular weight excluding hydrogens is 464 g/mol. The highest BCUT2D eigenvalue weighted by molar-refractivity contribution is 7.17. The van der Waals surface area contributed by atoms with Crippen LogP contribution in [0.5, 0.6) is 0 Å². The van der Waals surface area contributed by atoms with Crippen LogP contribution in [0.3, 0.4) is 0 Å². The fourth-order valence-corrected chi connectivity index (χ4v) is 4.38. The van der Waals surface area contributed by atoms with E-state index >= 15 is 0 Å². The Morgan fingerprint density at radius 2 is 1.90 bits per heavy atom. The molecule has 2 aromatic carbocycles. The summed E-state index contributed by atoms with van der Waals surface area (Å²) < 4.78 is 15.8. The molecule has 4 rings (SSSR count). The number of aromatic nitrogens is 2. The van der Waals surface area contributed by atoms with Crippen LogP contribution in [0.15, 0.2) is 63.5 Å². The van der Waals surface area contributed by atoms with E-state index in [-0.39, 0.29) is 18.1 Å². The van der Waals surface area contributed by atoms with Crippen LogP contribution < -0.4 is 16.6 Å². The van der Waals surface area contributed by atoms with Gasteiger partial charge in [-0.3, -0.25) is 14.2 Å². The molecule has 0 radical (unpaired) electrons. The molecule has 0 aliphatic carbocycles. The van der Waals surface area contributed by atoms with E-state index in [1.165, 1.54) is 34.1 Å². The van der Waals surface area contributed by atoms with E-state index in [1.807, 2.05) is 0 Å². The van der Waals surface area contributed by atoms with Gasteiger partial charge < -0.3 is 5.32 Å². The summed E-state index contributed by atoms with van der Waals surface area (Å²) in [6, 6.07) is 11.9. The van der Waals surface area contributed by atoms with E-state index in [1.54, 1.807) is 29.6 Å². The molecule has 0 fully saturated rings. The highest BCUT2D eigenvalue weighted by atomic mass is 35.5. The molecule has 0 aliphatic heterocycles. The van der Waals surface area contributed by atoms with E-state index in [9.17, 15) is 18.8 Å². The summed E-state index contributed by atoms with van der Waals surface area (Å²) in [4.78, 5) is 38.6. The largest absolute Gasteiger partial charge is 0.350 e. The normalized spacial score (nSPS) is 11.1. The zero-order chi connectivity index (χ0) is 22.1. The summed E-state index contributed by atoms with van der Waals surface area (Å²) in [7, 11) is 0. The Bertz CT molecular complexity index is 1430. The third kappa shape index (κ3) is 4.27. The SMILES string of the molecule is O=C(Cn1c(=O)n(-c2cccc(Cl)c2)c(=O)c2sccc21)NCc1ccc(F)cc1Cl. The lowest BCUT2D eigenvalue weighted by molar-refractivity contribution is -0.121. The maximum Gasteiger partial charge on any atom is 0.336 e. The first-order chi connectivity index (χ1) is 14.8. The van der Waals surface area contributed by atoms with Crippen LogP contribution in [-0.4, -0.2) is 15.0 Å². The molecule has 2 heterocycles. The number of hydrogen-bond donors (Lipinski definition) is 1. The second-order valence-corrected chi connectivity index (χ2v) is 8.40. The molecule has 0 saturated carbocycles. The number of hydrogen-bond acceptors (Lipinski definition) is 4. The van der Waals surface area contributed by atoms with Crippen LogP contribution in [0.1, 0.15) is 5.56 Å². The first-order valence-corrected chi connectivity index (χ1v) is 10.7. The average molecular weight is 478 g/mol. The smallest absolute Gasteiger partial charge is 0.336 e. The first-order valence-electron chi connectivity index (χ1n) is 9.05. The molecule has 0 unspecified atom stereocenters. The van der Waals surface area contributed by atoms with Gasteiger partial charge in [-0.05, 0) is 47.3 Å². The Labute approximate surface area is 189 Å². The van der Waals surface area contributed by atoms with Crippen LogP contribution in [-0.2, 0) is 17.9 Å². The van der Waals surface area contributed by atoms with Gasteiger partial charge >= 0.3 is 5.69 Å². The van der Waals surface area contributed by atoms with Crippen molar-refractivity contribution in [2.45, 2.75) is 13.1 Å². The third-order valence-corrected chi connectivity index (χ3v) is 6.09. The van der Waals surface area contributed by atoms with E-state index in [2.05, 4.69) is 5.32 Å². The molecule has 0 bridgehead atoms. The molecule has 0 saturated heterocycles. The van der Waals surface area contributed by atoms with Gasteiger partial charge in [0.05, 0.1) is 11.2 Å². The lowest BCUT2D eigenvalue weighted by Gasteiger charge is -2.13. The minimum absolute atomic E-state index is 0.0629. The molecule has 1 amide bonds. The number of nitrogens with zero attached hydrogens (tertiary/aromatic N) is 2. The number of benzene rings is 2. The van der Waals surface area contributed by atoms with Gasteiger partial charge in [0.2, 0.25) is 5.91 Å². The summed E-state index contributed by atoms with van der Waals surface area (Å²) in [5.41, 5.74) is 0.0757. The van der Waals surface area contributed by atoms with Gasteiger partial charge in [0.15, 0.2) is 0 Å². The predicted molar refractivity (Wildman–Crippen MR) is 120 cm³/mol. The molecule has 0 atom stereocenters. The quantitative estimate of drug-likeness (QED) is 0.472. The van der Waals surface area contributed by atoms with Gasteiger partial charge in [0.1, 0.15) is 17.1 Å². The van der Waals surface area contributed by atoms with Crippen molar-refractivity contribution in [2.24, 2.45) is 0 Å². The fourth-order valence-electron chi connectivity index (χ4n) is 3.14. The van der Waals surface area contributed by atoms with Crippen molar-refractivity contribution in [1.82, 2.24) is 14.5 Å². The van der Waals surface area contributed by atoms with E-state index in [0.29, 0.717) is 26.5 Å². The molecule has 158 valence electrons. The molecule has 2 aromatic heterocycles. The summed E-state index contributed by atoms with van der Waals surface area (Å²) in [5, 5.41) is 4.90. The van der Waals surface area contributed by atoms with Gasteiger partial charge in [-0.1, -0.05) is 35.3 Å². The Hall–Kier alpha value is -2.94. The number of fused-ring (bicyclic) bond motifs is 1. The number of thiophene rings is 1. The molecule has 10 heteroatoms. The topological polar surface area (TPSA) is 73.1 Å². The lowest BCUT2D eigenvalue weighted by Crippen LogP contribution is -2.41. The Kier molecular flexibility index (Phi) is 5.95. The number of amides is 1. The highest BCUT2D eigenvalue weighted by Crippen LogP contribution is 2.19. The Morgan fingerprint density at radius 1 is 1.10 bits per heavy atom. The van der Waals surface area contributed by atoms with E-state index in [0.717, 1.165) is 10.6 Å². The number of nitrogens with one attached hydrogen (secondary N) is 1. The summed E-state index contributed by atoms with van der Waals surface area (Å²) in [6.45, 7) is -0.251. The van der Waals surface area contributed by atoms with Crippen molar-refractivity contribution in [3.05, 3.63) is 96.2 Å². The highest BCUT2D eigenvalue weighted by Gasteiger charge is 2.18. The molecule has 0 aliphatic rings. The van der Waals surface area contributed by atoms with Gasteiger partial charge in [0, 0.05) is 16.6 Å². The fraction of sp³-hybridized carbons (Fsp3) is 0.0952. The number of carbonyl (C=O) groups is 1. The molecule has 31 heavy (non-hydrogen) atoms. The molecule has 6 nitrogen and oxygen atoms in total. The summed E-state index contributed by atoms with van der Waals surface area (Å²) in [5.74, 6) is -0.943. The minimum atomic E-state index is -0.659. The summed E-state index contributed by atoms with van der Waals surface area (Å²) in [6.07, 6.45) is 0. The van der Waals surface area contributed by atoms with Crippen molar-refractivity contribution in [1.29, 1.82) is 0 Å². The van der Waals surface area contributed by atoms with Gasteiger partial charge in [0.25, 0.3) is 5.56 Å². The van der Waals surface area contributed by atoms with Crippen molar-refractivity contribution < 1.29 is 9.18 Å². The third-order valence-electron chi connectivity index (χ3n) is 4.61. The van der Waals surface area contributed by atoms with Crippen LogP contribution in [0, 0.1) is 5.82 Å². The number of carbonyl (C=O) groups excluding carboxylic acids is 1. The summed E-state index contributed by atoms with van der Waals surface area (Å²) >= 11 is 13.2. The second-order valence-electron chi connectivity index (χ2n) is 6.64. The van der Waals surface area contributed by atoms with Crippen LogP contribution in [0.25, 0.3) is 15.9 Å². The van der Waals surface area contributed by atoms with Crippen LogP contribution >= 0.6 is 34.5 Å². The van der Waals surface area contributed by atoms with Crippen molar-refractivity contribution >= 4 is 50.7 Å². The van der Waals surface area contributed by atoms with Crippen molar-refractivity contribution in [2.75, 3.05) is 0 Å². The second kappa shape index (κ2) is 8.66. The number of halogens is 3. The van der Waals surface area contributed by atoms with Gasteiger partial charge in [-0.2, -0.15) is 0 Å². The maximum atomic E-state index is 13.2. The standard InChI is InChI=1S/C21H14Cl2FN3O3S/c22-13-2-1-3-15(8-13)27-20(29)19-17(6-7-31-19)26(21(27)30)11-18(28)25-10-12-4-5-14(24)9-16(12)23/h1-9H,10-11H2,(H,25,28). The van der Waals surface area contributed by atoms with E-state index in [4.69, 9.17) is 23.2 Å². The van der Waals surface area contributed by atoms with Gasteiger partial charge in [-0.25, -0.2) is 13.8 Å². The van der Waals surface area contributed by atoms with E-state index < -0.39 is 23.0 Å². The lowest BCUT2D eigenvalue weighted by atomic mass is 10.2. The average Bonchev–Trinajstić information content (AvgIpc) is 3.21. The van der Waals surface area contributed by atoms with Crippen molar-refractivity contribution in [3.8, 4) is 5.69 Å². The molecule has 4 aromatic rings. The minimum Gasteiger partial charge on any atom is -0.350 e.